The van der Waals surface area contributed by atoms with E-state index in [0.717, 1.165) is 28.6 Å². The zero-order valence-corrected chi connectivity index (χ0v) is 14.5. The van der Waals surface area contributed by atoms with E-state index in [1.807, 2.05) is 30.5 Å². The van der Waals surface area contributed by atoms with E-state index in [-0.39, 0.29) is 12.5 Å². The quantitative estimate of drug-likeness (QED) is 0.715. The number of amides is 1. The molecule has 0 N–H and O–H groups in total. The minimum absolute atomic E-state index is 0.0414. The van der Waals surface area contributed by atoms with Crippen LogP contribution >= 0.6 is 0 Å². The van der Waals surface area contributed by atoms with Crippen LogP contribution in [-0.4, -0.2) is 39.4 Å². The van der Waals surface area contributed by atoms with Crippen LogP contribution in [0, 0.1) is 0 Å². The fourth-order valence-corrected chi connectivity index (χ4v) is 3.26. The molecule has 4 nitrogen and oxygen atoms in total. The van der Waals surface area contributed by atoms with Crippen LogP contribution in [0.2, 0.25) is 0 Å². The maximum atomic E-state index is 13.0. The van der Waals surface area contributed by atoms with Gasteiger partial charge < -0.3 is 9.47 Å². The van der Waals surface area contributed by atoms with Crippen LogP contribution in [0.4, 0.5) is 8.78 Å². The van der Waals surface area contributed by atoms with Crippen molar-refractivity contribution in [3.8, 4) is 11.1 Å². The molecule has 0 saturated carbocycles. The topological polar surface area (TPSA) is 38.1 Å². The van der Waals surface area contributed by atoms with Crippen molar-refractivity contribution in [1.82, 2.24) is 14.5 Å². The Morgan fingerprint density at radius 1 is 1.19 bits per heavy atom. The van der Waals surface area contributed by atoms with Gasteiger partial charge in [0.1, 0.15) is 6.54 Å². The Labute approximate surface area is 150 Å². The number of aryl methyl sites for hydroxylation is 1. The number of carbonyl (C=O) groups is 1. The largest absolute Gasteiger partial charge is 0.337 e. The molecule has 1 aliphatic rings. The van der Waals surface area contributed by atoms with Crippen molar-refractivity contribution in [3.63, 3.8) is 0 Å². The van der Waals surface area contributed by atoms with Crippen LogP contribution in [0.25, 0.3) is 22.2 Å². The van der Waals surface area contributed by atoms with Crippen molar-refractivity contribution in [2.45, 2.75) is 25.8 Å². The molecule has 0 atom stereocenters. The van der Waals surface area contributed by atoms with Gasteiger partial charge in [-0.05, 0) is 29.7 Å². The smallest absolute Gasteiger partial charge is 0.282 e. The number of likely N-dealkylation sites (tertiary alicyclic amines) is 1. The van der Waals surface area contributed by atoms with E-state index in [9.17, 15) is 13.6 Å². The molecule has 3 heterocycles. The summed E-state index contributed by atoms with van der Waals surface area (Å²) in [5.41, 5.74) is 4.88. The van der Waals surface area contributed by atoms with Gasteiger partial charge in [-0.15, -0.1) is 0 Å². The summed E-state index contributed by atoms with van der Waals surface area (Å²) in [5, 5.41) is 0. The molecule has 2 aromatic heterocycles. The standard InChI is InChI=1S/C20H19F2N3O/c1-2-14-4-3-5-15(8-14)16-9-18-17(23-10-16)6-7-24(18)11-19(26)25-12-20(21,22)13-25/h3-10H,2,11-13H2,1H3. The second-order valence-electron chi connectivity index (χ2n) is 6.73. The fourth-order valence-electron chi connectivity index (χ4n) is 3.26. The van der Waals surface area contributed by atoms with Crippen LogP contribution in [0.5, 0.6) is 0 Å². The first-order valence-electron chi connectivity index (χ1n) is 8.65. The summed E-state index contributed by atoms with van der Waals surface area (Å²) < 4.78 is 27.7. The second-order valence-corrected chi connectivity index (χ2v) is 6.73. The first-order valence-corrected chi connectivity index (χ1v) is 8.65. The van der Waals surface area contributed by atoms with Gasteiger partial charge in [0.2, 0.25) is 5.91 Å². The molecule has 1 amide bonds. The number of hydrogen-bond donors (Lipinski definition) is 0. The molecule has 1 saturated heterocycles. The van der Waals surface area contributed by atoms with Crippen molar-refractivity contribution in [3.05, 3.63) is 54.4 Å². The van der Waals surface area contributed by atoms with Gasteiger partial charge in [-0.2, -0.15) is 0 Å². The van der Waals surface area contributed by atoms with E-state index in [1.54, 1.807) is 10.8 Å². The van der Waals surface area contributed by atoms with E-state index in [2.05, 4.69) is 24.0 Å². The summed E-state index contributed by atoms with van der Waals surface area (Å²) in [5.74, 6) is -3.04. The summed E-state index contributed by atoms with van der Waals surface area (Å²) in [6.07, 6.45) is 4.55. The molecular formula is C20H19F2N3O. The van der Waals surface area contributed by atoms with Gasteiger partial charge in [-0.25, -0.2) is 8.78 Å². The summed E-state index contributed by atoms with van der Waals surface area (Å²) in [6.45, 7) is 1.17. The van der Waals surface area contributed by atoms with Crippen molar-refractivity contribution in [2.75, 3.05) is 13.1 Å². The molecule has 0 spiro atoms. The lowest BCUT2D eigenvalue weighted by molar-refractivity contribution is -0.166. The third-order valence-corrected chi connectivity index (χ3v) is 4.79. The van der Waals surface area contributed by atoms with Crippen LogP contribution in [-0.2, 0) is 17.8 Å². The highest BCUT2D eigenvalue weighted by atomic mass is 19.3. The lowest BCUT2D eigenvalue weighted by Gasteiger charge is -2.38. The van der Waals surface area contributed by atoms with Gasteiger partial charge in [-0.1, -0.05) is 31.2 Å². The predicted octanol–water partition coefficient (Wildman–Crippen LogP) is 3.74. The molecule has 0 aliphatic carbocycles. The van der Waals surface area contributed by atoms with Gasteiger partial charge >= 0.3 is 0 Å². The Morgan fingerprint density at radius 3 is 2.73 bits per heavy atom. The number of fused-ring (bicyclic) bond motifs is 1. The van der Waals surface area contributed by atoms with Crippen LogP contribution in [0.3, 0.4) is 0 Å². The number of hydrogen-bond acceptors (Lipinski definition) is 2. The number of carbonyl (C=O) groups excluding carboxylic acids is 1. The van der Waals surface area contributed by atoms with Gasteiger partial charge in [0.25, 0.3) is 5.92 Å². The minimum Gasteiger partial charge on any atom is -0.337 e. The summed E-state index contributed by atoms with van der Waals surface area (Å²) >= 11 is 0. The highest BCUT2D eigenvalue weighted by molar-refractivity contribution is 5.84. The second kappa shape index (κ2) is 6.20. The zero-order valence-electron chi connectivity index (χ0n) is 14.5. The summed E-state index contributed by atoms with van der Waals surface area (Å²) in [4.78, 5) is 17.9. The van der Waals surface area contributed by atoms with Crippen molar-refractivity contribution < 1.29 is 13.6 Å². The van der Waals surface area contributed by atoms with Crippen molar-refractivity contribution >= 4 is 16.9 Å². The molecule has 6 heteroatoms. The van der Waals surface area contributed by atoms with Gasteiger partial charge in [0, 0.05) is 18.0 Å². The number of rotatable bonds is 4. The highest BCUT2D eigenvalue weighted by Crippen LogP contribution is 2.28. The maximum Gasteiger partial charge on any atom is 0.282 e. The molecule has 26 heavy (non-hydrogen) atoms. The van der Waals surface area contributed by atoms with Gasteiger partial charge in [0.15, 0.2) is 0 Å². The van der Waals surface area contributed by atoms with E-state index in [0.29, 0.717) is 0 Å². The molecule has 1 aromatic carbocycles. The lowest BCUT2D eigenvalue weighted by Crippen LogP contribution is -2.59. The fraction of sp³-hybridized carbons (Fsp3) is 0.300. The normalized spacial score (nSPS) is 15.9. The zero-order chi connectivity index (χ0) is 18.3. The SMILES string of the molecule is CCc1cccc(-c2cnc3ccn(CC(=O)N4CC(F)(F)C4)c3c2)c1. The predicted molar refractivity (Wildman–Crippen MR) is 96.1 cm³/mol. The number of pyridine rings is 1. The minimum atomic E-state index is -2.74. The average molecular weight is 355 g/mol. The Hall–Kier alpha value is -2.76. The molecule has 0 bridgehead atoms. The monoisotopic (exact) mass is 355 g/mol. The molecule has 4 rings (SSSR count). The Balaban J connectivity index is 1.61. The summed E-state index contributed by atoms with van der Waals surface area (Å²) in [7, 11) is 0. The highest BCUT2D eigenvalue weighted by Gasteiger charge is 2.46. The first kappa shape index (κ1) is 16.7. The lowest BCUT2D eigenvalue weighted by atomic mass is 10.0. The molecule has 0 unspecified atom stereocenters. The maximum absolute atomic E-state index is 13.0. The van der Waals surface area contributed by atoms with Gasteiger partial charge in [-0.3, -0.25) is 9.78 Å². The molecule has 0 radical (unpaired) electrons. The van der Waals surface area contributed by atoms with E-state index in [1.165, 1.54) is 10.5 Å². The Bertz CT molecular complexity index is 972. The number of nitrogens with zero attached hydrogens (tertiary/aromatic N) is 3. The average Bonchev–Trinajstić information content (AvgIpc) is 3.01. The number of alkyl halides is 2. The molecule has 1 fully saturated rings. The van der Waals surface area contributed by atoms with Crippen molar-refractivity contribution in [1.29, 1.82) is 0 Å². The van der Waals surface area contributed by atoms with Crippen LogP contribution in [0.15, 0.2) is 48.8 Å². The van der Waals surface area contributed by atoms with E-state index in [4.69, 9.17) is 0 Å². The third kappa shape index (κ3) is 3.07. The Kier molecular flexibility index (Phi) is 3.98. The Morgan fingerprint density at radius 2 is 2.00 bits per heavy atom. The number of aromatic nitrogens is 2. The number of benzene rings is 1. The number of halogens is 2. The summed E-state index contributed by atoms with van der Waals surface area (Å²) in [6, 6.07) is 12.1. The first-order chi connectivity index (χ1) is 12.4. The molecule has 1 aliphatic heterocycles. The molecule has 134 valence electrons. The molecule has 3 aromatic rings. The van der Waals surface area contributed by atoms with E-state index >= 15 is 0 Å². The van der Waals surface area contributed by atoms with Crippen LogP contribution < -0.4 is 0 Å². The molecular weight excluding hydrogens is 336 g/mol. The van der Waals surface area contributed by atoms with Gasteiger partial charge in [0.05, 0.1) is 24.1 Å². The van der Waals surface area contributed by atoms with Crippen molar-refractivity contribution in [2.24, 2.45) is 0 Å². The van der Waals surface area contributed by atoms with Crippen LogP contribution in [0.1, 0.15) is 12.5 Å². The van der Waals surface area contributed by atoms with E-state index < -0.39 is 19.0 Å². The third-order valence-electron chi connectivity index (χ3n) is 4.79.